The maximum absolute atomic E-state index is 13.2. The van der Waals surface area contributed by atoms with Crippen LogP contribution in [0.15, 0.2) is 36.4 Å². The molecule has 0 saturated carbocycles. The number of fused-ring (bicyclic) bond motifs is 2. The van der Waals surface area contributed by atoms with Gasteiger partial charge < -0.3 is 0 Å². The van der Waals surface area contributed by atoms with Gasteiger partial charge in [-0.2, -0.15) is 5.10 Å². The second-order valence-corrected chi connectivity index (χ2v) is 9.69. The van der Waals surface area contributed by atoms with E-state index in [1.54, 1.807) is 18.2 Å². The second-order valence-electron chi connectivity index (χ2n) is 7.52. The first-order valence-corrected chi connectivity index (χ1v) is 11.5. The summed E-state index contributed by atoms with van der Waals surface area (Å²) in [7, 11) is 0. The summed E-state index contributed by atoms with van der Waals surface area (Å²) < 4.78 is 15.0. The summed E-state index contributed by atoms with van der Waals surface area (Å²) in [5.74, 6) is -0.950. The van der Waals surface area contributed by atoms with Gasteiger partial charge in [0.05, 0.1) is 22.0 Å². The molecule has 6 nitrogen and oxygen atoms in total. The van der Waals surface area contributed by atoms with E-state index in [0.29, 0.717) is 16.3 Å². The Morgan fingerprint density at radius 2 is 1.77 bits per heavy atom. The second kappa shape index (κ2) is 7.90. The number of nitrogens with zero attached hydrogens (tertiary/aromatic N) is 2. The standard InChI is InChI=1S/C22H19FN4O2S2/c1-12-16-10-19(31-22(16)27(26-12)11-13-5-7-15(23)8-6-13)21(29)25-24-20(28)18-9-14-3-2-4-17(14)30-18/h5-10H,2-4,11H2,1H3,(H,24,28)(H,25,29). The number of rotatable bonds is 4. The van der Waals surface area contributed by atoms with Crippen molar-refractivity contribution in [2.45, 2.75) is 32.7 Å². The van der Waals surface area contributed by atoms with E-state index >= 15 is 0 Å². The number of benzene rings is 1. The third-order valence-electron chi connectivity index (χ3n) is 5.34. The fourth-order valence-electron chi connectivity index (χ4n) is 3.77. The van der Waals surface area contributed by atoms with Gasteiger partial charge in [0.25, 0.3) is 11.8 Å². The smallest absolute Gasteiger partial charge is 0.266 e. The fraction of sp³-hybridized carbons (Fsp3) is 0.227. The first kappa shape index (κ1) is 19.9. The van der Waals surface area contributed by atoms with Crippen LogP contribution in [-0.4, -0.2) is 21.6 Å². The van der Waals surface area contributed by atoms with Crippen molar-refractivity contribution in [2.24, 2.45) is 0 Å². The van der Waals surface area contributed by atoms with Crippen LogP contribution in [0.3, 0.4) is 0 Å². The Labute approximate surface area is 185 Å². The Balaban J connectivity index is 1.29. The molecule has 9 heteroatoms. The van der Waals surface area contributed by atoms with Gasteiger partial charge in [-0.1, -0.05) is 12.1 Å². The number of hydrogen-bond donors (Lipinski definition) is 2. The number of aryl methyl sites for hydroxylation is 3. The lowest BCUT2D eigenvalue weighted by Crippen LogP contribution is -2.41. The summed E-state index contributed by atoms with van der Waals surface area (Å²) in [5.41, 5.74) is 8.00. The van der Waals surface area contributed by atoms with Crippen LogP contribution < -0.4 is 10.9 Å². The average molecular weight is 455 g/mol. The molecule has 2 amide bonds. The fourth-order valence-corrected chi connectivity index (χ4v) is 5.98. The molecule has 158 valence electrons. The van der Waals surface area contributed by atoms with E-state index in [4.69, 9.17) is 0 Å². The maximum atomic E-state index is 13.2. The van der Waals surface area contributed by atoms with E-state index < -0.39 is 0 Å². The molecule has 0 unspecified atom stereocenters. The lowest BCUT2D eigenvalue weighted by atomic mass is 10.2. The third-order valence-corrected chi connectivity index (χ3v) is 7.72. The summed E-state index contributed by atoms with van der Waals surface area (Å²) in [6, 6.07) is 9.97. The molecule has 3 aromatic heterocycles. The van der Waals surface area contributed by atoms with Gasteiger partial charge in [-0.3, -0.25) is 25.1 Å². The van der Waals surface area contributed by atoms with E-state index in [1.165, 1.54) is 45.2 Å². The molecule has 0 bridgehead atoms. The maximum Gasteiger partial charge on any atom is 0.279 e. The molecule has 0 saturated heterocycles. The molecule has 0 atom stereocenters. The number of aromatic nitrogens is 2. The number of nitrogens with one attached hydrogen (secondary N) is 2. The van der Waals surface area contributed by atoms with Crippen molar-refractivity contribution in [1.29, 1.82) is 0 Å². The number of hydrazine groups is 1. The summed E-state index contributed by atoms with van der Waals surface area (Å²) in [4.78, 5) is 28.2. The molecule has 2 N–H and O–H groups in total. The van der Waals surface area contributed by atoms with Gasteiger partial charge in [-0.25, -0.2) is 4.39 Å². The van der Waals surface area contributed by atoms with Crippen LogP contribution in [0.2, 0.25) is 0 Å². The predicted octanol–water partition coefficient (Wildman–Crippen LogP) is 4.22. The van der Waals surface area contributed by atoms with Gasteiger partial charge in [0, 0.05) is 10.3 Å². The van der Waals surface area contributed by atoms with Crippen molar-refractivity contribution in [1.82, 2.24) is 20.6 Å². The Kier molecular flexibility index (Phi) is 5.07. The van der Waals surface area contributed by atoms with E-state index in [1.807, 2.05) is 17.7 Å². The van der Waals surface area contributed by atoms with Crippen molar-refractivity contribution in [3.63, 3.8) is 0 Å². The van der Waals surface area contributed by atoms with Crippen LogP contribution in [0.4, 0.5) is 4.39 Å². The third kappa shape index (κ3) is 3.86. The molecule has 1 aliphatic carbocycles. The van der Waals surface area contributed by atoms with Gasteiger partial charge in [-0.15, -0.1) is 22.7 Å². The molecular formula is C22H19FN4O2S2. The van der Waals surface area contributed by atoms with Crippen LogP contribution in [0, 0.1) is 12.7 Å². The molecule has 1 aliphatic rings. The zero-order valence-electron chi connectivity index (χ0n) is 16.7. The molecule has 0 fully saturated rings. The van der Waals surface area contributed by atoms with Crippen molar-refractivity contribution in [2.75, 3.05) is 0 Å². The largest absolute Gasteiger partial charge is 0.279 e. The lowest BCUT2D eigenvalue weighted by molar-refractivity contribution is 0.0851. The van der Waals surface area contributed by atoms with Gasteiger partial charge in [0.2, 0.25) is 0 Å². The summed E-state index contributed by atoms with van der Waals surface area (Å²) in [5, 5.41) is 5.43. The lowest BCUT2D eigenvalue weighted by Gasteiger charge is -2.05. The van der Waals surface area contributed by atoms with Crippen LogP contribution in [0.5, 0.6) is 0 Å². The molecule has 3 heterocycles. The van der Waals surface area contributed by atoms with Crippen LogP contribution >= 0.6 is 22.7 Å². The summed E-state index contributed by atoms with van der Waals surface area (Å²) >= 11 is 2.80. The number of carbonyl (C=O) groups is 2. The van der Waals surface area contributed by atoms with E-state index in [-0.39, 0.29) is 17.6 Å². The van der Waals surface area contributed by atoms with Gasteiger partial charge in [-0.05, 0) is 61.6 Å². The Morgan fingerprint density at radius 3 is 2.48 bits per heavy atom. The topological polar surface area (TPSA) is 76.0 Å². The molecule has 4 aromatic rings. The number of amides is 2. The summed E-state index contributed by atoms with van der Waals surface area (Å²) in [6.07, 6.45) is 3.18. The zero-order valence-corrected chi connectivity index (χ0v) is 18.3. The highest BCUT2D eigenvalue weighted by Crippen LogP contribution is 2.31. The van der Waals surface area contributed by atoms with Gasteiger partial charge in [0.15, 0.2) is 0 Å². The van der Waals surface area contributed by atoms with Gasteiger partial charge >= 0.3 is 0 Å². The highest BCUT2D eigenvalue weighted by atomic mass is 32.1. The predicted molar refractivity (Wildman–Crippen MR) is 119 cm³/mol. The average Bonchev–Trinajstić information content (AvgIpc) is 3.50. The van der Waals surface area contributed by atoms with Crippen LogP contribution in [-0.2, 0) is 19.4 Å². The number of halogens is 1. The number of thiophene rings is 2. The van der Waals surface area contributed by atoms with Crippen LogP contribution in [0.1, 0.15) is 47.5 Å². The number of carbonyl (C=O) groups excluding carboxylic acids is 2. The monoisotopic (exact) mass is 454 g/mol. The Bertz CT molecular complexity index is 1280. The first-order valence-electron chi connectivity index (χ1n) is 9.91. The molecule has 5 rings (SSSR count). The minimum atomic E-state index is -0.369. The molecule has 0 aliphatic heterocycles. The normalized spacial score (nSPS) is 12.8. The molecule has 31 heavy (non-hydrogen) atoms. The highest BCUT2D eigenvalue weighted by molar-refractivity contribution is 7.20. The van der Waals surface area contributed by atoms with Crippen molar-refractivity contribution in [3.05, 3.63) is 73.7 Å². The molecule has 0 spiro atoms. The van der Waals surface area contributed by atoms with Crippen molar-refractivity contribution >= 4 is 44.7 Å². The highest BCUT2D eigenvalue weighted by Gasteiger charge is 2.20. The first-order chi connectivity index (χ1) is 15.0. The SMILES string of the molecule is Cc1nn(Cc2ccc(F)cc2)c2sc(C(=O)NNC(=O)c3cc4c(s3)CCC4)cc12. The Morgan fingerprint density at radius 1 is 1.06 bits per heavy atom. The zero-order chi connectivity index (χ0) is 21.5. The molecule has 0 radical (unpaired) electrons. The summed E-state index contributed by atoms with van der Waals surface area (Å²) in [6.45, 7) is 2.36. The minimum absolute atomic E-state index is 0.283. The quantitative estimate of drug-likeness (QED) is 0.454. The van der Waals surface area contributed by atoms with Crippen molar-refractivity contribution in [3.8, 4) is 0 Å². The van der Waals surface area contributed by atoms with Crippen molar-refractivity contribution < 1.29 is 14.0 Å². The van der Waals surface area contributed by atoms with E-state index in [0.717, 1.165) is 40.7 Å². The van der Waals surface area contributed by atoms with Crippen LogP contribution in [0.25, 0.3) is 10.2 Å². The van der Waals surface area contributed by atoms with E-state index in [2.05, 4.69) is 16.0 Å². The molecular weight excluding hydrogens is 435 g/mol. The molecule has 1 aromatic carbocycles. The van der Waals surface area contributed by atoms with E-state index in [9.17, 15) is 14.0 Å². The Hall–Kier alpha value is -3.04. The number of hydrogen-bond acceptors (Lipinski definition) is 5. The van der Waals surface area contributed by atoms with Gasteiger partial charge in [0.1, 0.15) is 10.6 Å². The minimum Gasteiger partial charge on any atom is -0.266 e.